The van der Waals surface area contributed by atoms with Gasteiger partial charge in [0.15, 0.2) is 13.5 Å². The minimum absolute atomic E-state index is 0.0980. The molecule has 10 heteroatoms. The van der Waals surface area contributed by atoms with Crippen molar-refractivity contribution in [2.75, 3.05) is 25.6 Å². The van der Waals surface area contributed by atoms with Crippen LogP contribution < -0.4 is 15.6 Å². The van der Waals surface area contributed by atoms with Gasteiger partial charge < -0.3 is 19.2 Å². The monoisotopic (exact) mass is 454 g/mol. The number of ether oxygens (including phenoxy) is 2. The third-order valence-electron chi connectivity index (χ3n) is 5.09. The van der Waals surface area contributed by atoms with E-state index in [1.165, 1.54) is 17.8 Å². The van der Waals surface area contributed by atoms with Crippen LogP contribution in [0.25, 0.3) is 0 Å². The van der Waals surface area contributed by atoms with Crippen molar-refractivity contribution < 1.29 is 13.9 Å². The van der Waals surface area contributed by atoms with Gasteiger partial charge in [-0.1, -0.05) is 32.4 Å². The average molecular weight is 455 g/mol. The number of rotatable bonds is 9. The normalized spacial score (nSPS) is 13.2. The van der Waals surface area contributed by atoms with Gasteiger partial charge >= 0.3 is 0 Å². The van der Waals surface area contributed by atoms with Crippen LogP contribution in [-0.4, -0.2) is 49.5 Å². The maximum absolute atomic E-state index is 12.1. The lowest BCUT2D eigenvalue weighted by Crippen LogP contribution is -2.46. The van der Waals surface area contributed by atoms with E-state index in [9.17, 15) is 4.79 Å². The minimum Gasteiger partial charge on any atom is -0.489 e. The lowest BCUT2D eigenvalue weighted by molar-refractivity contribution is 0.0397. The zero-order valence-corrected chi connectivity index (χ0v) is 20.4. The van der Waals surface area contributed by atoms with Gasteiger partial charge in [0.1, 0.15) is 30.0 Å². The predicted molar refractivity (Wildman–Crippen MR) is 121 cm³/mol. The molecule has 0 radical (unpaired) electrons. The first-order valence-corrected chi connectivity index (χ1v) is 13.0. The summed E-state index contributed by atoms with van der Waals surface area (Å²) in [6.07, 6.45) is 1.42. The molecule has 1 N–H and O–H groups in total. The van der Waals surface area contributed by atoms with E-state index >= 15 is 0 Å². The van der Waals surface area contributed by atoms with Crippen LogP contribution in [0.2, 0.25) is 23.3 Å². The highest BCUT2D eigenvalue weighted by Crippen LogP contribution is 2.37. The second-order valence-corrected chi connectivity index (χ2v) is 13.7. The van der Waals surface area contributed by atoms with Gasteiger partial charge in [-0.3, -0.25) is 4.79 Å². The zero-order valence-electron chi connectivity index (χ0n) is 18.7. The largest absolute Gasteiger partial charge is 0.489 e. The fourth-order valence-corrected chi connectivity index (χ4v) is 3.97. The Bertz CT molecular complexity index is 897. The summed E-state index contributed by atoms with van der Waals surface area (Å²) in [6, 6.07) is 4.96. The first-order chi connectivity index (χ1) is 13.9. The second kappa shape index (κ2) is 9.91. The lowest BCUT2D eigenvalue weighted by atomic mass is 10.2. The fourth-order valence-electron chi connectivity index (χ4n) is 2.42. The maximum atomic E-state index is 12.1. The van der Waals surface area contributed by atoms with Crippen LogP contribution in [-0.2, 0) is 16.2 Å². The topological polar surface area (TPSA) is 87.5 Å². The van der Waals surface area contributed by atoms with E-state index in [0.717, 1.165) is 0 Å². The van der Waals surface area contributed by atoms with Crippen molar-refractivity contribution in [3.05, 3.63) is 39.9 Å². The number of aromatic nitrogens is 3. The molecular weight excluding hydrogens is 424 g/mol. The molecule has 1 atom stereocenters. The molecule has 2 rings (SSSR count). The number of aryl methyl sites for hydroxylation is 1. The van der Waals surface area contributed by atoms with Crippen LogP contribution in [0.3, 0.4) is 0 Å². The van der Waals surface area contributed by atoms with Crippen molar-refractivity contribution in [3.63, 3.8) is 0 Å². The SMILES string of the molecule is COCC(COc1ccc(Nc2cc(Cl)nn(C)c2=O)nc1)O[Si](C)(C)C(C)(C)C. The van der Waals surface area contributed by atoms with Crippen LogP contribution in [0.15, 0.2) is 29.2 Å². The van der Waals surface area contributed by atoms with E-state index in [2.05, 4.69) is 49.3 Å². The molecule has 166 valence electrons. The molecule has 2 heterocycles. The lowest BCUT2D eigenvalue weighted by Gasteiger charge is -2.39. The van der Waals surface area contributed by atoms with Gasteiger partial charge in [-0.2, -0.15) is 5.10 Å². The Kier molecular flexibility index (Phi) is 8.04. The first-order valence-electron chi connectivity index (χ1n) is 9.69. The van der Waals surface area contributed by atoms with E-state index in [-0.39, 0.29) is 21.9 Å². The van der Waals surface area contributed by atoms with E-state index in [4.69, 9.17) is 25.5 Å². The van der Waals surface area contributed by atoms with Crippen molar-refractivity contribution in [1.29, 1.82) is 0 Å². The molecule has 0 saturated carbocycles. The quantitative estimate of drug-likeness (QED) is 0.573. The Morgan fingerprint density at radius 3 is 2.53 bits per heavy atom. The number of methoxy groups -OCH3 is 1. The Labute approximate surface area is 183 Å². The standard InChI is InChI=1S/C20H31ClN4O4Si/c1-20(2,3)30(6,7)29-15(12-27-5)13-28-14-8-9-18(22-11-14)23-16-10-17(21)24-25(4)19(16)26/h8-11,15H,12-13H2,1-7H3,(H,22,23). The molecule has 0 aliphatic heterocycles. The number of pyridine rings is 1. The third-order valence-corrected chi connectivity index (χ3v) is 9.81. The Morgan fingerprint density at radius 2 is 1.97 bits per heavy atom. The molecular formula is C20H31ClN4O4Si. The van der Waals surface area contributed by atoms with Gasteiger partial charge in [-0.05, 0) is 30.3 Å². The Morgan fingerprint density at radius 1 is 1.27 bits per heavy atom. The van der Waals surface area contributed by atoms with Gasteiger partial charge in [0.25, 0.3) is 5.56 Å². The summed E-state index contributed by atoms with van der Waals surface area (Å²) in [4.78, 5) is 16.4. The highest BCUT2D eigenvalue weighted by molar-refractivity contribution is 6.74. The van der Waals surface area contributed by atoms with E-state index in [1.54, 1.807) is 25.4 Å². The highest BCUT2D eigenvalue weighted by atomic mass is 35.5. The molecule has 2 aromatic rings. The van der Waals surface area contributed by atoms with Gasteiger partial charge in [-0.15, -0.1) is 0 Å². The predicted octanol–water partition coefficient (Wildman–Crippen LogP) is 3.99. The summed E-state index contributed by atoms with van der Waals surface area (Å²) < 4.78 is 18.8. The van der Waals surface area contributed by atoms with Gasteiger partial charge in [0.05, 0.1) is 12.8 Å². The van der Waals surface area contributed by atoms with Gasteiger partial charge in [0.2, 0.25) is 0 Å². The van der Waals surface area contributed by atoms with Crippen molar-refractivity contribution in [2.24, 2.45) is 7.05 Å². The molecule has 30 heavy (non-hydrogen) atoms. The molecule has 2 aromatic heterocycles. The molecule has 1 unspecified atom stereocenters. The molecule has 0 bridgehead atoms. The first kappa shape index (κ1) is 24.3. The fraction of sp³-hybridized carbons (Fsp3) is 0.550. The average Bonchev–Trinajstić information content (AvgIpc) is 2.64. The zero-order chi connectivity index (χ0) is 22.5. The second-order valence-electron chi connectivity index (χ2n) is 8.58. The molecule has 0 spiro atoms. The highest BCUT2D eigenvalue weighted by Gasteiger charge is 2.39. The third kappa shape index (κ3) is 6.53. The minimum atomic E-state index is -1.94. The number of hydrogen-bond donors (Lipinski definition) is 1. The summed E-state index contributed by atoms with van der Waals surface area (Å²) in [5.41, 5.74) is -0.00619. The van der Waals surface area contributed by atoms with E-state index in [0.29, 0.717) is 30.5 Å². The Balaban J connectivity index is 2.02. The van der Waals surface area contributed by atoms with Crippen molar-refractivity contribution in [3.8, 4) is 5.75 Å². The van der Waals surface area contributed by atoms with Crippen LogP contribution in [0.5, 0.6) is 5.75 Å². The molecule has 0 aliphatic carbocycles. The number of anilines is 2. The van der Waals surface area contributed by atoms with Crippen molar-refractivity contribution in [1.82, 2.24) is 14.8 Å². The number of halogens is 1. The summed E-state index contributed by atoms with van der Waals surface area (Å²) in [5, 5.41) is 7.12. The molecule has 0 amide bonds. The van der Waals surface area contributed by atoms with E-state index in [1.807, 2.05) is 0 Å². The van der Waals surface area contributed by atoms with Crippen LogP contribution in [0.4, 0.5) is 11.5 Å². The summed E-state index contributed by atoms with van der Waals surface area (Å²) >= 11 is 5.91. The van der Waals surface area contributed by atoms with Gasteiger partial charge in [0, 0.05) is 20.2 Å². The molecule has 0 saturated heterocycles. The number of nitrogens with one attached hydrogen (secondary N) is 1. The molecule has 0 aliphatic rings. The van der Waals surface area contributed by atoms with Crippen LogP contribution >= 0.6 is 11.6 Å². The maximum Gasteiger partial charge on any atom is 0.290 e. The summed E-state index contributed by atoms with van der Waals surface area (Å²) in [6.45, 7) is 11.8. The molecule has 8 nitrogen and oxygen atoms in total. The molecule has 0 aromatic carbocycles. The van der Waals surface area contributed by atoms with Crippen LogP contribution in [0, 0.1) is 0 Å². The van der Waals surface area contributed by atoms with Gasteiger partial charge in [-0.25, -0.2) is 9.67 Å². The van der Waals surface area contributed by atoms with Crippen molar-refractivity contribution in [2.45, 2.75) is 45.0 Å². The number of hydrogen-bond acceptors (Lipinski definition) is 7. The van der Waals surface area contributed by atoms with Crippen molar-refractivity contribution >= 4 is 31.4 Å². The smallest absolute Gasteiger partial charge is 0.290 e. The number of nitrogens with zero attached hydrogens (tertiary/aromatic N) is 3. The Hall–Kier alpha value is -1.94. The summed E-state index contributed by atoms with van der Waals surface area (Å²) in [7, 11) is 1.24. The summed E-state index contributed by atoms with van der Waals surface area (Å²) in [5.74, 6) is 1.09. The van der Waals surface area contributed by atoms with Crippen LogP contribution in [0.1, 0.15) is 20.8 Å². The molecule has 0 fully saturated rings. The van der Waals surface area contributed by atoms with E-state index < -0.39 is 8.32 Å².